The molecular formula is C16H14N2O3S3. The number of rotatable bonds is 5. The van der Waals surface area contributed by atoms with Gasteiger partial charge in [-0.05, 0) is 17.0 Å². The normalized spacial score (nSPS) is 19.8. The molecule has 1 saturated heterocycles. The van der Waals surface area contributed by atoms with Crippen molar-refractivity contribution >= 4 is 44.2 Å². The van der Waals surface area contributed by atoms with Crippen LogP contribution in [0.5, 0.6) is 0 Å². The molecule has 1 aliphatic rings. The van der Waals surface area contributed by atoms with E-state index in [0.717, 1.165) is 28.7 Å². The fraction of sp³-hybridized carbons (Fsp3) is 0.125. The van der Waals surface area contributed by atoms with Gasteiger partial charge in [0.1, 0.15) is 9.46 Å². The molecule has 1 unspecified atom stereocenters. The summed E-state index contributed by atoms with van der Waals surface area (Å²) in [6.45, 7) is 3.85. The van der Waals surface area contributed by atoms with Crippen LogP contribution in [0, 0.1) is 0 Å². The van der Waals surface area contributed by atoms with E-state index in [0.29, 0.717) is 0 Å². The van der Waals surface area contributed by atoms with E-state index in [2.05, 4.69) is 11.0 Å². The maximum absolute atomic E-state index is 12.7. The van der Waals surface area contributed by atoms with E-state index in [1.165, 1.54) is 11.0 Å². The average molecular weight is 379 g/mol. The van der Waals surface area contributed by atoms with Gasteiger partial charge in [0.05, 0.1) is 0 Å². The van der Waals surface area contributed by atoms with E-state index in [1.807, 2.05) is 30.3 Å². The van der Waals surface area contributed by atoms with Crippen LogP contribution >= 0.6 is 23.1 Å². The minimum atomic E-state index is -3.82. The van der Waals surface area contributed by atoms with Crippen molar-refractivity contribution in [2.24, 2.45) is 4.40 Å². The van der Waals surface area contributed by atoms with Crippen LogP contribution in [-0.2, 0) is 14.8 Å². The molecule has 0 N–H and O–H groups in total. The predicted octanol–water partition coefficient (Wildman–Crippen LogP) is 3.30. The second-order valence-corrected chi connectivity index (χ2v) is 8.78. The maximum atomic E-state index is 12.7. The van der Waals surface area contributed by atoms with Gasteiger partial charge in [-0.25, -0.2) is 0 Å². The van der Waals surface area contributed by atoms with Gasteiger partial charge in [-0.2, -0.15) is 8.42 Å². The first-order chi connectivity index (χ1) is 11.5. The van der Waals surface area contributed by atoms with Crippen molar-refractivity contribution in [3.63, 3.8) is 0 Å². The lowest BCUT2D eigenvalue weighted by Gasteiger charge is -2.13. The summed E-state index contributed by atoms with van der Waals surface area (Å²) in [5.41, 5.74) is 0.820. The summed E-state index contributed by atoms with van der Waals surface area (Å²) < 4.78 is 28.8. The second-order valence-electron chi connectivity index (χ2n) is 4.93. The maximum Gasteiger partial charge on any atom is 0.294 e. The van der Waals surface area contributed by atoms with E-state index >= 15 is 0 Å². The Morgan fingerprint density at radius 1 is 1.21 bits per heavy atom. The number of benzene rings is 1. The van der Waals surface area contributed by atoms with Crippen molar-refractivity contribution in [1.29, 1.82) is 0 Å². The van der Waals surface area contributed by atoms with Crippen LogP contribution < -0.4 is 0 Å². The lowest BCUT2D eigenvalue weighted by atomic mass is 10.1. The van der Waals surface area contributed by atoms with Gasteiger partial charge >= 0.3 is 0 Å². The van der Waals surface area contributed by atoms with Crippen LogP contribution in [0.15, 0.2) is 69.1 Å². The SMILES string of the molecule is C=CCN1C(=O)C(c2ccccc2)SC1=NS(=O)(=O)c1cccs1. The molecule has 0 radical (unpaired) electrons. The molecule has 3 rings (SSSR count). The fourth-order valence-corrected chi connectivity index (χ4v) is 5.57. The minimum absolute atomic E-state index is 0.157. The molecule has 0 spiro atoms. The Morgan fingerprint density at radius 3 is 2.58 bits per heavy atom. The molecule has 2 heterocycles. The molecule has 1 amide bonds. The van der Waals surface area contributed by atoms with Gasteiger partial charge < -0.3 is 0 Å². The van der Waals surface area contributed by atoms with Crippen LogP contribution in [-0.4, -0.2) is 30.9 Å². The van der Waals surface area contributed by atoms with Crippen LogP contribution in [0.2, 0.25) is 0 Å². The highest BCUT2D eigenvalue weighted by Crippen LogP contribution is 2.40. The quantitative estimate of drug-likeness (QED) is 0.749. The van der Waals surface area contributed by atoms with Gasteiger partial charge in [-0.15, -0.1) is 22.3 Å². The van der Waals surface area contributed by atoms with Crippen LogP contribution in [0.25, 0.3) is 0 Å². The zero-order valence-corrected chi connectivity index (χ0v) is 15.0. The average Bonchev–Trinajstić information content (AvgIpc) is 3.20. The number of thiophene rings is 1. The molecule has 0 bridgehead atoms. The second kappa shape index (κ2) is 6.92. The summed E-state index contributed by atoms with van der Waals surface area (Å²) in [6, 6.07) is 12.4. The molecule has 24 heavy (non-hydrogen) atoms. The van der Waals surface area contributed by atoms with Crippen molar-refractivity contribution in [2.45, 2.75) is 9.46 Å². The molecule has 1 fully saturated rings. The largest absolute Gasteiger partial charge is 0.294 e. The van der Waals surface area contributed by atoms with Crippen molar-refractivity contribution in [2.75, 3.05) is 6.54 Å². The third kappa shape index (κ3) is 3.31. The van der Waals surface area contributed by atoms with Gasteiger partial charge in [0.25, 0.3) is 10.0 Å². The molecular weight excluding hydrogens is 364 g/mol. The first kappa shape index (κ1) is 16.9. The number of hydrogen-bond acceptors (Lipinski definition) is 5. The van der Waals surface area contributed by atoms with E-state index in [-0.39, 0.29) is 21.8 Å². The van der Waals surface area contributed by atoms with Crippen molar-refractivity contribution in [1.82, 2.24) is 4.90 Å². The first-order valence-electron chi connectivity index (χ1n) is 7.05. The molecule has 0 saturated carbocycles. The number of amides is 1. The summed E-state index contributed by atoms with van der Waals surface area (Å²) in [4.78, 5) is 14.0. The summed E-state index contributed by atoms with van der Waals surface area (Å²) in [7, 11) is -3.82. The summed E-state index contributed by atoms with van der Waals surface area (Å²) in [6.07, 6.45) is 1.55. The number of amidine groups is 1. The summed E-state index contributed by atoms with van der Waals surface area (Å²) in [5, 5.41) is 1.36. The number of hydrogen-bond donors (Lipinski definition) is 0. The number of nitrogens with zero attached hydrogens (tertiary/aromatic N) is 2. The fourth-order valence-electron chi connectivity index (χ4n) is 2.22. The Labute approximate surface area is 148 Å². The number of sulfonamides is 1. The van der Waals surface area contributed by atoms with Crippen molar-refractivity contribution < 1.29 is 13.2 Å². The van der Waals surface area contributed by atoms with E-state index < -0.39 is 15.3 Å². The molecule has 8 heteroatoms. The third-order valence-electron chi connectivity index (χ3n) is 3.31. The molecule has 5 nitrogen and oxygen atoms in total. The first-order valence-corrected chi connectivity index (χ1v) is 10.3. The zero-order valence-electron chi connectivity index (χ0n) is 12.5. The number of thioether (sulfide) groups is 1. The minimum Gasteiger partial charge on any atom is -0.285 e. The van der Waals surface area contributed by atoms with Crippen molar-refractivity contribution in [3.8, 4) is 0 Å². The molecule has 1 aliphatic heterocycles. The van der Waals surface area contributed by atoms with Crippen molar-refractivity contribution in [3.05, 3.63) is 66.1 Å². The highest BCUT2D eigenvalue weighted by molar-refractivity contribution is 8.15. The van der Waals surface area contributed by atoms with Gasteiger partial charge in [0.2, 0.25) is 5.91 Å². The molecule has 2 aromatic rings. The third-order valence-corrected chi connectivity index (χ3v) is 7.29. The van der Waals surface area contributed by atoms with Crippen LogP contribution in [0.3, 0.4) is 0 Å². The van der Waals surface area contributed by atoms with E-state index in [1.54, 1.807) is 17.5 Å². The zero-order chi connectivity index (χ0) is 17.2. The van der Waals surface area contributed by atoms with Gasteiger partial charge in [-0.1, -0.05) is 54.2 Å². The van der Waals surface area contributed by atoms with Crippen LogP contribution in [0.1, 0.15) is 10.8 Å². The van der Waals surface area contributed by atoms with Gasteiger partial charge in [-0.3, -0.25) is 9.69 Å². The highest BCUT2D eigenvalue weighted by Gasteiger charge is 2.39. The van der Waals surface area contributed by atoms with E-state index in [4.69, 9.17) is 0 Å². The lowest BCUT2D eigenvalue weighted by Crippen LogP contribution is -2.30. The molecule has 1 atom stereocenters. The Morgan fingerprint density at radius 2 is 1.96 bits per heavy atom. The molecule has 1 aromatic carbocycles. The predicted molar refractivity (Wildman–Crippen MR) is 97.6 cm³/mol. The summed E-state index contributed by atoms with van der Waals surface area (Å²) >= 11 is 2.25. The topological polar surface area (TPSA) is 66.8 Å². The number of carbonyl (C=O) groups excluding carboxylic acids is 1. The Kier molecular flexibility index (Phi) is 4.88. The van der Waals surface area contributed by atoms with Gasteiger partial charge in [0.15, 0.2) is 5.17 Å². The smallest absolute Gasteiger partial charge is 0.285 e. The van der Waals surface area contributed by atoms with Crippen LogP contribution in [0.4, 0.5) is 0 Å². The standard InChI is InChI=1S/C16H14N2O3S3/c1-2-10-18-15(19)14(12-7-4-3-5-8-12)23-16(18)17-24(20,21)13-9-6-11-22-13/h2-9,11,14H,1,10H2. The van der Waals surface area contributed by atoms with E-state index in [9.17, 15) is 13.2 Å². The molecule has 1 aromatic heterocycles. The Bertz CT molecular complexity index is 875. The lowest BCUT2D eigenvalue weighted by molar-refractivity contribution is -0.125. The number of carbonyl (C=O) groups is 1. The Hall–Kier alpha value is -1.90. The van der Waals surface area contributed by atoms with Gasteiger partial charge in [0, 0.05) is 6.54 Å². The Balaban J connectivity index is 1.99. The highest BCUT2D eigenvalue weighted by atomic mass is 32.2. The molecule has 124 valence electrons. The summed E-state index contributed by atoms with van der Waals surface area (Å²) in [5.74, 6) is -0.189. The molecule has 0 aliphatic carbocycles. The monoisotopic (exact) mass is 378 g/mol.